The van der Waals surface area contributed by atoms with Crippen molar-refractivity contribution in [2.45, 2.75) is 38.2 Å². The van der Waals surface area contributed by atoms with E-state index in [0.717, 1.165) is 12.7 Å². The van der Waals surface area contributed by atoms with E-state index >= 15 is 0 Å². The molecule has 0 bridgehead atoms. The molecule has 1 aromatic carbocycles. The first kappa shape index (κ1) is 18.0. The lowest BCUT2D eigenvalue weighted by molar-refractivity contribution is 0.100. The average Bonchev–Trinajstić information content (AvgIpc) is 2.36. The van der Waals surface area contributed by atoms with Crippen molar-refractivity contribution in [3.63, 3.8) is 0 Å². The Morgan fingerprint density at radius 3 is 2.41 bits per heavy atom. The predicted octanol–water partition coefficient (Wildman–Crippen LogP) is 0.989. The van der Waals surface area contributed by atoms with E-state index in [1.165, 1.54) is 12.1 Å². The molecule has 8 heteroatoms. The molecule has 0 saturated carbocycles. The van der Waals surface area contributed by atoms with Crippen molar-refractivity contribution in [1.82, 2.24) is 0 Å². The smallest absolute Gasteiger partial charge is 0.280 e. The molecule has 0 aromatic heterocycles. The Morgan fingerprint density at radius 2 is 1.95 bits per heavy atom. The third-order valence-electron chi connectivity index (χ3n) is 3.05. The van der Waals surface area contributed by atoms with Crippen LogP contribution in [0.2, 0.25) is 0 Å². The van der Waals surface area contributed by atoms with Gasteiger partial charge in [-0.05, 0) is 38.0 Å². The summed E-state index contributed by atoms with van der Waals surface area (Å²) in [7, 11) is -3.58. The SMILES string of the molecule is CCC(C)Oc1cc(C)c(C(=O)N=C(N)N)cc1S(C)(=O)=O. The van der Waals surface area contributed by atoms with Crippen LogP contribution in [0.15, 0.2) is 22.0 Å². The van der Waals surface area contributed by atoms with E-state index in [4.69, 9.17) is 16.2 Å². The van der Waals surface area contributed by atoms with Crippen molar-refractivity contribution >= 4 is 21.7 Å². The summed E-state index contributed by atoms with van der Waals surface area (Å²) >= 11 is 0. The summed E-state index contributed by atoms with van der Waals surface area (Å²) < 4.78 is 29.6. The van der Waals surface area contributed by atoms with Crippen molar-refractivity contribution < 1.29 is 17.9 Å². The minimum atomic E-state index is -3.58. The van der Waals surface area contributed by atoms with Gasteiger partial charge < -0.3 is 16.2 Å². The fourth-order valence-corrected chi connectivity index (χ4v) is 2.56. The van der Waals surface area contributed by atoms with Gasteiger partial charge in [-0.15, -0.1) is 0 Å². The molecule has 7 nitrogen and oxygen atoms in total. The van der Waals surface area contributed by atoms with Crippen molar-refractivity contribution in [2.24, 2.45) is 16.5 Å². The first-order valence-corrected chi connectivity index (χ1v) is 8.60. The molecule has 1 amide bonds. The normalized spacial score (nSPS) is 12.5. The summed E-state index contributed by atoms with van der Waals surface area (Å²) in [5.41, 5.74) is 11.0. The molecule has 0 aliphatic rings. The Hall–Kier alpha value is -2.09. The standard InChI is InChI=1S/C14H21N3O4S/c1-5-9(3)21-11-6-8(2)10(13(18)17-14(15)16)7-12(11)22(4,19)20/h6-7,9H,5H2,1-4H3,(H4,15,16,17,18). The lowest BCUT2D eigenvalue weighted by Gasteiger charge is -2.17. The number of benzene rings is 1. The van der Waals surface area contributed by atoms with Crippen LogP contribution in [0.4, 0.5) is 0 Å². The van der Waals surface area contributed by atoms with Crippen molar-refractivity contribution in [3.8, 4) is 5.75 Å². The van der Waals surface area contributed by atoms with Crippen LogP contribution in [0.5, 0.6) is 5.75 Å². The van der Waals surface area contributed by atoms with Crippen LogP contribution in [0.3, 0.4) is 0 Å². The van der Waals surface area contributed by atoms with E-state index in [9.17, 15) is 13.2 Å². The highest BCUT2D eigenvalue weighted by molar-refractivity contribution is 7.90. The monoisotopic (exact) mass is 327 g/mol. The van der Waals surface area contributed by atoms with E-state index in [2.05, 4.69) is 4.99 Å². The van der Waals surface area contributed by atoms with E-state index in [-0.39, 0.29) is 28.3 Å². The molecule has 0 aliphatic heterocycles. The number of carbonyl (C=O) groups excluding carboxylic acids is 1. The van der Waals surface area contributed by atoms with Gasteiger partial charge in [-0.1, -0.05) is 6.92 Å². The van der Waals surface area contributed by atoms with Crippen molar-refractivity contribution in [2.75, 3.05) is 6.26 Å². The van der Waals surface area contributed by atoms with Crippen LogP contribution in [-0.2, 0) is 9.84 Å². The molecule has 0 fully saturated rings. The van der Waals surface area contributed by atoms with Gasteiger partial charge in [-0.25, -0.2) is 8.42 Å². The van der Waals surface area contributed by atoms with Gasteiger partial charge >= 0.3 is 0 Å². The maximum Gasteiger partial charge on any atom is 0.280 e. The van der Waals surface area contributed by atoms with Crippen molar-refractivity contribution in [3.05, 3.63) is 23.3 Å². The molecule has 0 radical (unpaired) electrons. The number of ether oxygens (including phenoxy) is 1. The summed E-state index contributed by atoms with van der Waals surface area (Å²) in [6.45, 7) is 5.42. The Kier molecular flexibility index (Phi) is 5.54. The lowest BCUT2D eigenvalue weighted by atomic mass is 10.1. The zero-order valence-corrected chi connectivity index (χ0v) is 13.9. The molecule has 0 saturated heterocycles. The topological polar surface area (TPSA) is 125 Å². The molecule has 1 unspecified atom stereocenters. The number of amides is 1. The zero-order valence-electron chi connectivity index (χ0n) is 13.1. The van der Waals surface area contributed by atoms with Gasteiger partial charge in [0.25, 0.3) is 5.91 Å². The van der Waals surface area contributed by atoms with Crippen LogP contribution in [0, 0.1) is 6.92 Å². The number of hydrogen-bond donors (Lipinski definition) is 2. The number of carbonyl (C=O) groups is 1. The minimum absolute atomic E-state index is 0.0625. The third kappa shape index (κ3) is 4.45. The van der Waals surface area contributed by atoms with Crippen LogP contribution < -0.4 is 16.2 Å². The number of aryl methyl sites for hydroxylation is 1. The van der Waals surface area contributed by atoms with Gasteiger partial charge in [-0.3, -0.25) is 4.79 Å². The van der Waals surface area contributed by atoms with Gasteiger partial charge in [0.15, 0.2) is 15.8 Å². The predicted molar refractivity (Wildman–Crippen MR) is 84.8 cm³/mol. The highest BCUT2D eigenvalue weighted by Gasteiger charge is 2.21. The quantitative estimate of drug-likeness (QED) is 0.613. The molecule has 4 N–H and O–H groups in total. The second-order valence-corrected chi connectivity index (χ2v) is 7.05. The summed E-state index contributed by atoms with van der Waals surface area (Å²) in [6, 6.07) is 2.76. The highest BCUT2D eigenvalue weighted by Crippen LogP contribution is 2.29. The van der Waals surface area contributed by atoms with Gasteiger partial charge in [0, 0.05) is 11.8 Å². The molecule has 1 atom stereocenters. The first-order valence-electron chi connectivity index (χ1n) is 6.71. The summed E-state index contributed by atoms with van der Waals surface area (Å²) in [6.07, 6.45) is 1.62. The zero-order chi connectivity index (χ0) is 17.1. The van der Waals surface area contributed by atoms with E-state index in [1.807, 2.05) is 13.8 Å². The van der Waals surface area contributed by atoms with Crippen LogP contribution >= 0.6 is 0 Å². The molecule has 1 rings (SSSR count). The number of rotatable bonds is 5. The largest absolute Gasteiger partial charge is 0.489 e. The van der Waals surface area contributed by atoms with Gasteiger partial charge in [0.2, 0.25) is 0 Å². The number of aliphatic imine (C=N–C) groups is 1. The lowest BCUT2D eigenvalue weighted by Crippen LogP contribution is -2.24. The Labute approximate surface area is 130 Å². The Morgan fingerprint density at radius 1 is 1.36 bits per heavy atom. The Balaban J connectivity index is 3.49. The molecule has 122 valence electrons. The van der Waals surface area contributed by atoms with E-state index < -0.39 is 15.7 Å². The van der Waals surface area contributed by atoms with Gasteiger partial charge in [0.1, 0.15) is 10.6 Å². The number of nitrogens with zero attached hydrogens (tertiary/aromatic N) is 1. The number of nitrogens with two attached hydrogens (primary N) is 2. The second kappa shape index (κ2) is 6.78. The van der Waals surface area contributed by atoms with E-state index in [0.29, 0.717) is 5.56 Å². The summed E-state index contributed by atoms with van der Waals surface area (Å²) in [5.74, 6) is -0.863. The first-order chi connectivity index (χ1) is 10.1. The second-order valence-electron chi connectivity index (χ2n) is 5.06. The molecule has 0 spiro atoms. The van der Waals surface area contributed by atoms with Crippen molar-refractivity contribution in [1.29, 1.82) is 0 Å². The number of sulfone groups is 1. The molecular formula is C14H21N3O4S. The van der Waals surface area contributed by atoms with Gasteiger partial charge in [-0.2, -0.15) is 4.99 Å². The van der Waals surface area contributed by atoms with Crippen LogP contribution in [0.1, 0.15) is 36.2 Å². The summed E-state index contributed by atoms with van der Waals surface area (Å²) in [4.78, 5) is 15.3. The van der Waals surface area contributed by atoms with Gasteiger partial charge in [0.05, 0.1) is 6.10 Å². The number of guanidine groups is 1. The Bertz CT molecular complexity index is 707. The molecule has 0 heterocycles. The van der Waals surface area contributed by atoms with Crippen LogP contribution in [-0.4, -0.2) is 32.6 Å². The maximum atomic E-state index is 12.0. The molecule has 1 aromatic rings. The molecule has 0 aliphatic carbocycles. The van der Waals surface area contributed by atoms with E-state index in [1.54, 1.807) is 6.92 Å². The molecule has 22 heavy (non-hydrogen) atoms. The average molecular weight is 327 g/mol. The molecular weight excluding hydrogens is 306 g/mol. The maximum absolute atomic E-state index is 12.0. The fourth-order valence-electron chi connectivity index (χ4n) is 1.75. The third-order valence-corrected chi connectivity index (χ3v) is 4.17. The van der Waals surface area contributed by atoms with Crippen LogP contribution in [0.25, 0.3) is 0 Å². The highest BCUT2D eigenvalue weighted by atomic mass is 32.2. The number of hydrogen-bond acceptors (Lipinski definition) is 4. The minimum Gasteiger partial charge on any atom is -0.489 e. The summed E-state index contributed by atoms with van der Waals surface area (Å²) in [5, 5.41) is 0. The fraction of sp³-hybridized carbons (Fsp3) is 0.429.